The molecule has 0 unspecified atom stereocenters. The number of carbonyl (C=O) groups is 1. The molecule has 1 aliphatic carbocycles. The van der Waals surface area contributed by atoms with Gasteiger partial charge in [0.25, 0.3) is 0 Å². The molecule has 3 heteroatoms. The van der Waals surface area contributed by atoms with E-state index in [-0.39, 0.29) is 16.9 Å². The third-order valence-electron chi connectivity index (χ3n) is 4.05. The van der Waals surface area contributed by atoms with E-state index in [1.54, 1.807) is 6.08 Å². The molecule has 3 atom stereocenters. The minimum Gasteiger partial charge on any atom is -0.496 e. The van der Waals surface area contributed by atoms with E-state index < -0.39 is 0 Å². The zero-order chi connectivity index (χ0) is 15.1. The lowest BCUT2D eigenvalue weighted by Gasteiger charge is -2.36. The summed E-state index contributed by atoms with van der Waals surface area (Å²) in [5.41, 5.74) is 0. The molecule has 0 heterocycles. The molecule has 1 aliphatic rings. The summed E-state index contributed by atoms with van der Waals surface area (Å²) in [6.07, 6.45) is 9.26. The maximum absolute atomic E-state index is 11.7. The highest BCUT2D eigenvalue weighted by Crippen LogP contribution is 2.35. The van der Waals surface area contributed by atoms with Crippen LogP contribution in [0.15, 0.2) is 23.4 Å². The Kier molecular flexibility index (Phi) is 7.36. The minimum atomic E-state index is -0.182. The maximum Gasteiger partial charge on any atom is 0.199 e. The number of rotatable bonds is 6. The number of carbonyl (C=O) groups excluding carboxylic acids is 1. The van der Waals surface area contributed by atoms with E-state index in [1.807, 2.05) is 6.92 Å². The van der Waals surface area contributed by atoms with Gasteiger partial charge in [-0.1, -0.05) is 51.8 Å². The molecule has 114 valence electrons. The highest BCUT2D eigenvalue weighted by atomic mass is 35.5. The van der Waals surface area contributed by atoms with Crippen LogP contribution in [0.4, 0.5) is 0 Å². The fraction of sp³-hybridized carbons (Fsp3) is 0.706. The third-order valence-corrected chi connectivity index (χ3v) is 4.32. The maximum atomic E-state index is 11.7. The van der Waals surface area contributed by atoms with E-state index >= 15 is 0 Å². The number of allylic oxidation sites excluding steroid dienone is 3. The normalized spacial score (nSPS) is 28.1. The number of hydrogen-bond acceptors (Lipinski definition) is 2. The summed E-state index contributed by atoms with van der Waals surface area (Å²) in [5.74, 6) is 1.64. The van der Waals surface area contributed by atoms with Crippen LogP contribution in [0.2, 0.25) is 0 Å². The fourth-order valence-corrected chi connectivity index (χ4v) is 2.90. The van der Waals surface area contributed by atoms with Crippen LogP contribution in [-0.4, -0.2) is 11.9 Å². The third kappa shape index (κ3) is 5.32. The molecule has 0 aliphatic heterocycles. The Morgan fingerprint density at radius 2 is 2.10 bits per heavy atom. The Morgan fingerprint density at radius 1 is 1.40 bits per heavy atom. The molecule has 0 aromatic heterocycles. The summed E-state index contributed by atoms with van der Waals surface area (Å²) in [5, 5.41) is 0.162. The molecule has 0 aromatic carbocycles. The molecule has 0 spiro atoms. The molecular formula is C17H27ClO2. The Bertz CT molecular complexity index is 371. The van der Waals surface area contributed by atoms with Gasteiger partial charge in [0, 0.05) is 0 Å². The lowest BCUT2D eigenvalue weighted by Crippen LogP contribution is -2.33. The molecule has 20 heavy (non-hydrogen) atoms. The Labute approximate surface area is 128 Å². The van der Waals surface area contributed by atoms with Gasteiger partial charge < -0.3 is 4.74 Å². The summed E-state index contributed by atoms with van der Waals surface area (Å²) in [4.78, 5) is 11.7. The van der Waals surface area contributed by atoms with Gasteiger partial charge in [0.15, 0.2) is 5.78 Å². The Hall–Kier alpha value is -0.760. The molecule has 0 N–H and O–H groups in total. The van der Waals surface area contributed by atoms with Crippen molar-refractivity contribution in [2.45, 2.75) is 59.5 Å². The van der Waals surface area contributed by atoms with Crippen LogP contribution >= 0.6 is 11.6 Å². The summed E-state index contributed by atoms with van der Waals surface area (Å²) < 4.78 is 5.84. The summed E-state index contributed by atoms with van der Waals surface area (Å²) in [6, 6.07) is 0. The Morgan fingerprint density at radius 3 is 2.70 bits per heavy atom. The lowest BCUT2D eigenvalue weighted by molar-refractivity contribution is -0.111. The quantitative estimate of drug-likeness (QED) is 0.505. The molecule has 1 fully saturated rings. The van der Waals surface area contributed by atoms with Gasteiger partial charge in [-0.2, -0.15) is 0 Å². The van der Waals surface area contributed by atoms with E-state index in [4.69, 9.17) is 16.3 Å². The van der Waals surface area contributed by atoms with Crippen molar-refractivity contribution < 1.29 is 9.53 Å². The van der Waals surface area contributed by atoms with Crippen molar-refractivity contribution in [3.05, 3.63) is 23.4 Å². The van der Waals surface area contributed by atoms with Crippen molar-refractivity contribution in [3.63, 3.8) is 0 Å². The van der Waals surface area contributed by atoms with Gasteiger partial charge in [-0.25, -0.2) is 0 Å². The highest BCUT2D eigenvalue weighted by Gasteiger charge is 2.31. The molecule has 0 saturated heterocycles. The van der Waals surface area contributed by atoms with Crippen LogP contribution in [0.25, 0.3) is 0 Å². The van der Waals surface area contributed by atoms with Gasteiger partial charge in [-0.15, -0.1) is 0 Å². The average Bonchev–Trinajstić information content (AvgIpc) is 2.41. The fourth-order valence-electron chi connectivity index (χ4n) is 2.78. The molecule has 1 rings (SSSR count). The monoisotopic (exact) mass is 298 g/mol. The standard InChI is InChI=1S/C17H27ClO2/c1-5-6-7-16(19)15(18)11-20-17-10-13(4)8-9-14(17)12(2)3/h6-7,11-14,17H,5,8-10H2,1-4H3/b7-6+,15-11-/t13-,14+,17-/m0/s1. The zero-order valence-corrected chi connectivity index (χ0v) is 13.8. The van der Waals surface area contributed by atoms with E-state index in [0.29, 0.717) is 17.8 Å². The minimum absolute atomic E-state index is 0.162. The van der Waals surface area contributed by atoms with Gasteiger partial charge in [0.2, 0.25) is 0 Å². The largest absolute Gasteiger partial charge is 0.496 e. The second kappa shape index (κ2) is 8.51. The molecule has 0 aromatic rings. The number of ether oxygens (including phenoxy) is 1. The smallest absolute Gasteiger partial charge is 0.199 e. The topological polar surface area (TPSA) is 26.3 Å². The van der Waals surface area contributed by atoms with Crippen LogP contribution in [-0.2, 0) is 9.53 Å². The molecule has 0 radical (unpaired) electrons. The summed E-state index contributed by atoms with van der Waals surface area (Å²) in [7, 11) is 0. The van der Waals surface area contributed by atoms with Crippen LogP contribution in [0.1, 0.15) is 53.4 Å². The van der Waals surface area contributed by atoms with Gasteiger partial charge in [-0.05, 0) is 43.1 Å². The van der Waals surface area contributed by atoms with Crippen molar-refractivity contribution in [1.82, 2.24) is 0 Å². The van der Waals surface area contributed by atoms with Crippen molar-refractivity contribution in [2.75, 3.05) is 0 Å². The average molecular weight is 299 g/mol. The van der Waals surface area contributed by atoms with Crippen LogP contribution in [0, 0.1) is 17.8 Å². The van der Waals surface area contributed by atoms with Gasteiger partial charge in [-0.3, -0.25) is 4.79 Å². The first-order valence-electron chi connectivity index (χ1n) is 7.67. The molecule has 0 bridgehead atoms. The summed E-state index contributed by atoms with van der Waals surface area (Å²) >= 11 is 5.99. The van der Waals surface area contributed by atoms with Crippen molar-refractivity contribution in [2.24, 2.45) is 17.8 Å². The second-order valence-electron chi connectivity index (χ2n) is 6.14. The first kappa shape index (κ1) is 17.3. The number of hydrogen-bond donors (Lipinski definition) is 0. The molecule has 1 saturated carbocycles. The second-order valence-corrected chi connectivity index (χ2v) is 6.55. The predicted molar refractivity (Wildman–Crippen MR) is 84.6 cm³/mol. The van der Waals surface area contributed by atoms with Crippen molar-refractivity contribution in [1.29, 1.82) is 0 Å². The van der Waals surface area contributed by atoms with E-state index in [9.17, 15) is 4.79 Å². The Balaban J connectivity index is 2.64. The number of halogens is 1. The van der Waals surface area contributed by atoms with E-state index in [2.05, 4.69) is 20.8 Å². The van der Waals surface area contributed by atoms with Gasteiger partial charge in [0.05, 0.1) is 0 Å². The molecule has 0 amide bonds. The van der Waals surface area contributed by atoms with Crippen LogP contribution in [0.5, 0.6) is 0 Å². The summed E-state index contributed by atoms with van der Waals surface area (Å²) in [6.45, 7) is 8.71. The zero-order valence-electron chi connectivity index (χ0n) is 13.1. The van der Waals surface area contributed by atoms with Gasteiger partial charge >= 0.3 is 0 Å². The van der Waals surface area contributed by atoms with Gasteiger partial charge in [0.1, 0.15) is 17.4 Å². The highest BCUT2D eigenvalue weighted by molar-refractivity contribution is 6.44. The van der Waals surface area contributed by atoms with Crippen molar-refractivity contribution >= 4 is 17.4 Å². The lowest BCUT2D eigenvalue weighted by atomic mass is 9.75. The van der Waals surface area contributed by atoms with Crippen LogP contribution in [0.3, 0.4) is 0 Å². The first-order valence-corrected chi connectivity index (χ1v) is 8.05. The predicted octanol–water partition coefficient (Wildman–Crippen LogP) is 5.08. The SMILES string of the molecule is CC/C=C/C(=O)/C(Cl)=C/O[C@H]1C[C@@H](C)CC[C@@H]1C(C)C. The first-order chi connectivity index (χ1) is 9.45. The van der Waals surface area contributed by atoms with E-state index in [0.717, 1.165) is 12.8 Å². The van der Waals surface area contributed by atoms with Crippen LogP contribution < -0.4 is 0 Å². The van der Waals surface area contributed by atoms with E-state index in [1.165, 1.54) is 25.2 Å². The number of ketones is 1. The molecule has 2 nitrogen and oxygen atoms in total. The molecular weight excluding hydrogens is 272 g/mol. The van der Waals surface area contributed by atoms with Crippen molar-refractivity contribution in [3.8, 4) is 0 Å².